The Kier molecular flexibility index (Phi) is 10.7. The normalized spacial score (nSPS) is 10.7. The van der Waals surface area contributed by atoms with Gasteiger partial charge in [0, 0.05) is 46.3 Å². The summed E-state index contributed by atoms with van der Waals surface area (Å²) in [6, 6.07) is 58.7. The number of halogens is 2. The summed E-state index contributed by atoms with van der Waals surface area (Å²) in [5, 5.41) is 4.51. The molecule has 0 aliphatic heterocycles. The molecule has 4 heterocycles. The fourth-order valence-electron chi connectivity index (χ4n) is 7.13. The molecule has 0 saturated heterocycles. The van der Waals surface area contributed by atoms with Gasteiger partial charge >= 0.3 is 0 Å². The molecule has 0 aliphatic carbocycles. The molecule has 0 saturated carbocycles. The zero-order chi connectivity index (χ0) is 34.7. The van der Waals surface area contributed by atoms with Crippen LogP contribution in [0.2, 0.25) is 0 Å². The molecule has 0 fully saturated rings. The third-order valence-corrected chi connectivity index (χ3v) is 9.58. The number of nitrogens with zero attached hydrogens (tertiary/aromatic N) is 4. The molecule has 260 valence electrons. The minimum absolute atomic E-state index is 0. The smallest absolute Gasteiger partial charge is 0.0970 e. The Bertz CT molecular complexity index is 2440. The van der Waals surface area contributed by atoms with Crippen molar-refractivity contribution < 1.29 is 0 Å². The van der Waals surface area contributed by atoms with Gasteiger partial charge in [-0.25, -0.2) is 0 Å². The third-order valence-electron chi connectivity index (χ3n) is 9.58. The number of hydrogen-bond acceptors (Lipinski definition) is 4. The molecule has 0 bridgehead atoms. The van der Waals surface area contributed by atoms with Crippen molar-refractivity contribution in [1.29, 1.82) is 0 Å². The van der Waals surface area contributed by atoms with E-state index >= 15 is 0 Å². The van der Waals surface area contributed by atoms with E-state index in [1.54, 1.807) is 0 Å². The van der Waals surface area contributed by atoms with Crippen LogP contribution in [0, 0.1) is 0 Å². The fourth-order valence-corrected chi connectivity index (χ4v) is 7.13. The molecular weight excluding hydrogens is 703 g/mol. The Morgan fingerprint density at radius 1 is 0.222 bits per heavy atom. The molecule has 0 amide bonds. The first kappa shape index (κ1) is 35.9. The number of fused-ring (bicyclic) bond motifs is 6. The van der Waals surface area contributed by atoms with Crippen molar-refractivity contribution in [3.05, 3.63) is 195 Å². The Labute approximate surface area is 326 Å². The highest BCUT2D eigenvalue weighted by Gasteiger charge is 2.13. The van der Waals surface area contributed by atoms with Crippen LogP contribution in [0.5, 0.6) is 0 Å². The van der Waals surface area contributed by atoms with Crippen LogP contribution < -0.4 is 0 Å². The lowest BCUT2D eigenvalue weighted by molar-refractivity contribution is 1.37. The Morgan fingerprint density at radius 2 is 0.426 bits per heavy atom. The number of hydrogen-bond donors (Lipinski definition) is 0. The number of rotatable bonds is 4. The summed E-state index contributed by atoms with van der Waals surface area (Å²) in [6.45, 7) is 0. The van der Waals surface area contributed by atoms with E-state index < -0.39 is 0 Å². The Morgan fingerprint density at radius 3 is 0.630 bits per heavy atom. The summed E-state index contributed by atoms with van der Waals surface area (Å²) in [5.74, 6) is 0. The van der Waals surface area contributed by atoms with Gasteiger partial charge in [0.1, 0.15) is 0 Å². The summed E-state index contributed by atoms with van der Waals surface area (Å²) in [6.07, 6.45) is 7.50. The maximum atomic E-state index is 4.67. The molecule has 4 nitrogen and oxygen atoms in total. The number of pyridine rings is 4. The molecule has 0 spiro atoms. The van der Waals surface area contributed by atoms with Crippen molar-refractivity contribution >= 4 is 68.4 Å². The summed E-state index contributed by atoms with van der Waals surface area (Å²) in [5.41, 5.74) is 13.3. The highest BCUT2D eigenvalue weighted by molar-refractivity contribution is 6.12. The lowest BCUT2D eigenvalue weighted by Gasteiger charge is -2.11. The van der Waals surface area contributed by atoms with Crippen molar-refractivity contribution in [1.82, 2.24) is 19.9 Å². The van der Waals surface area contributed by atoms with Gasteiger partial charge in [-0.05, 0) is 68.8 Å². The molecule has 54 heavy (non-hydrogen) atoms. The van der Waals surface area contributed by atoms with Crippen LogP contribution in [-0.2, 0) is 0 Å². The van der Waals surface area contributed by atoms with E-state index in [4.69, 9.17) is 0 Å². The van der Waals surface area contributed by atoms with Crippen molar-refractivity contribution in [2.24, 2.45) is 0 Å². The van der Waals surface area contributed by atoms with Crippen LogP contribution in [0.4, 0.5) is 0 Å². The zero-order valence-electron chi connectivity index (χ0n) is 29.1. The average Bonchev–Trinajstić information content (AvgIpc) is 3.24. The maximum Gasteiger partial charge on any atom is 0.0970 e. The van der Waals surface area contributed by atoms with Crippen LogP contribution in [0.25, 0.3) is 88.1 Å². The lowest BCUT2D eigenvalue weighted by atomic mass is 9.97. The molecule has 0 aliphatic rings. The highest BCUT2D eigenvalue weighted by atomic mass is 35.5. The SMILES string of the molecule is Cl.Cl.c1ccc(-c2ccnc3c2ccc2c(-c4ccccc4)ccnc23)cc1.c1ccc(-c2ccnc3c2ccc2c(-c4ccccc4)ccnc23)cc1. The van der Waals surface area contributed by atoms with Crippen LogP contribution in [0.3, 0.4) is 0 Å². The van der Waals surface area contributed by atoms with Crippen LogP contribution in [0.1, 0.15) is 0 Å². The largest absolute Gasteiger partial charge is 0.254 e. The maximum absolute atomic E-state index is 4.67. The summed E-state index contributed by atoms with van der Waals surface area (Å²) in [4.78, 5) is 18.7. The summed E-state index contributed by atoms with van der Waals surface area (Å²) in [7, 11) is 0. The number of aromatic nitrogens is 4. The van der Waals surface area contributed by atoms with E-state index in [1.807, 2.05) is 49.1 Å². The van der Waals surface area contributed by atoms with Crippen LogP contribution in [0.15, 0.2) is 195 Å². The second-order valence-electron chi connectivity index (χ2n) is 12.6. The second-order valence-corrected chi connectivity index (χ2v) is 12.6. The minimum Gasteiger partial charge on any atom is -0.254 e. The van der Waals surface area contributed by atoms with E-state index in [9.17, 15) is 0 Å². The predicted octanol–water partition coefficient (Wildman–Crippen LogP) is 13.1. The van der Waals surface area contributed by atoms with Crippen molar-refractivity contribution in [3.8, 4) is 44.5 Å². The lowest BCUT2D eigenvalue weighted by Crippen LogP contribution is -1.90. The molecule has 10 rings (SSSR count). The van der Waals surface area contributed by atoms with Gasteiger partial charge in [0.2, 0.25) is 0 Å². The molecule has 10 aromatic rings. The minimum atomic E-state index is 0. The molecule has 6 aromatic carbocycles. The van der Waals surface area contributed by atoms with Gasteiger partial charge in [-0.2, -0.15) is 0 Å². The Balaban J connectivity index is 0.000000161. The van der Waals surface area contributed by atoms with Gasteiger partial charge in [-0.1, -0.05) is 146 Å². The average molecular weight is 738 g/mol. The Hall–Kier alpha value is -6.46. The van der Waals surface area contributed by atoms with E-state index in [2.05, 4.69) is 166 Å². The highest BCUT2D eigenvalue weighted by Crippen LogP contribution is 2.36. The van der Waals surface area contributed by atoms with Gasteiger partial charge < -0.3 is 0 Å². The van der Waals surface area contributed by atoms with Gasteiger partial charge in [0.25, 0.3) is 0 Å². The van der Waals surface area contributed by atoms with Crippen molar-refractivity contribution in [2.45, 2.75) is 0 Å². The molecule has 6 heteroatoms. The zero-order valence-corrected chi connectivity index (χ0v) is 30.7. The number of benzene rings is 6. The van der Waals surface area contributed by atoms with Gasteiger partial charge in [-0.15, -0.1) is 24.8 Å². The van der Waals surface area contributed by atoms with Gasteiger partial charge in [0.15, 0.2) is 0 Å². The summed E-state index contributed by atoms with van der Waals surface area (Å²) < 4.78 is 0. The van der Waals surface area contributed by atoms with Crippen LogP contribution >= 0.6 is 24.8 Å². The predicted molar refractivity (Wildman–Crippen MR) is 230 cm³/mol. The molecule has 0 unspecified atom stereocenters. The second kappa shape index (κ2) is 16.1. The summed E-state index contributed by atoms with van der Waals surface area (Å²) >= 11 is 0. The van der Waals surface area contributed by atoms with Crippen molar-refractivity contribution in [3.63, 3.8) is 0 Å². The fraction of sp³-hybridized carbons (Fsp3) is 0. The van der Waals surface area contributed by atoms with Crippen LogP contribution in [-0.4, -0.2) is 19.9 Å². The van der Waals surface area contributed by atoms with E-state index in [-0.39, 0.29) is 24.8 Å². The van der Waals surface area contributed by atoms with Gasteiger partial charge in [-0.3, -0.25) is 19.9 Å². The molecular formula is C48H34Cl2N4. The molecule has 0 atom stereocenters. The quantitative estimate of drug-likeness (QED) is 0.169. The first-order chi connectivity index (χ1) is 25.8. The van der Waals surface area contributed by atoms with E-state index in [0.29, 0.717) is 0 Å². The first-order valence-corrected chi connectivity index (χ1v) is 17.4. The van der Waals surface area contributed by atoms with E-state index in [1.165, 1.54) is 44.5 Å². The molecule has 0 radical (unpaired) electrons. The standard InChI is InChI=1S/2C24H16N2.2ClH/c2*1-3-7-17(8-4-1)19-13-15-25-23-21(19)11-12-22-20(14-16-26-24(22)23)18-9-5-2-6-10-18;;/h2*1-16H;2*1H. The van der Waals surface area contributed by atoms with Crippen molar-refractivity contribution in [2.75, 3.05) is 0 Å². The first-order valence-electron chi connectivity index (χ1n) is 17.4. The van der Waals surface area contributed by atoms with E-state index in [0.717, 1.165) is 43.6 Å². The van der Waals surface area contributed by atoms with Gasteiger partial charge in [0.05, 0.1) is 22.1 Å². The molecule has 0 N–H and O–H groups in total. The topological polar surface area (TPSA) is 51.6 Å². The third kappa shape index (κ3) is 6.77. The molecule has 4 aromatic heterocycles. The monoisotopic (exact) mass is 736 g/mol.